The van der Waals surface area contributed by atoms with E-state index < -0.39 is 0 Å². The van der Waals surface area contributed by atoms with Crippen LogP contribution in [0.3, 0.4) is 0 Å². The minimum Gasteiger partial charge on any atom is -0.361 e. The van der Waals surface area contributed by atoms with Crippen LogP contribution in [0.15, 0.2) is 36.8 Å². The van der Waals surface area contributed by atoms with Gasteiger partial charge in [-0.1, -0.05) is 6.92 Å². The molecule has 0 bridgehead atoms. The van der Waals surface area contributed by atoms with Gasteiger partial charge in [0.25, 0.3) is 0 Å². The lowest BCUT2D eigenvalue weighted by molar-refractivity contribution is 0.248. The van der Waals surface area contributed by atoms with Gasteiger partial charge in [-0.3, -0.25) is 0 Å². The smallest absolute Gasteiger partial charge is 0.319 e. The number of aromatic amines is 1. The molecule has 1 atom stereocenters. The number of aromatic nitrogens is 4. The highest BCUT2D eigenvalue weighted by Crippen LogP contribution is 2.18. The Balaban J connectivity index is 1.65. The SMILES string of the molecule is CCCn1ncnc1C(C)NC(=O)Nc1ccc2[nH]ccc2c1. The largest absolute Gasteiger partial charge is 0.361 e. The molecule has 0 aliphatic rings. The topological polar surface area (TPSA) is 87.6 Å². The third kappa shape index (κ3) is 3.33. The molecule has 1 aromatic carbocycles. The van der Waals surface area contributed by atoms with Crippen LogP contribution in [0.5, 0.6) is 0 Å². The zero-order chi connectivity index (χ0) is 16.2. The summed E-state index contributed by atoms with van der Waals surface area (Å²) in [6.07, 6.45) is 4.35. The lowest BCUT2D eigenvalue weighted by Crippen LogP contribution is -2.32. The Labute approximate surface area is 134 Å². The molecule has 7 nitrogen and oxygen atoms in total. The standard InChI is InChI=1S/C16H20N6O/c1-3-8-22-15(18-10-19-22)11(2)20-16(23)21-13-4-5-14-12(9-13)6-7-17-14/h4-7,9-11,17H,3,8H2,1-2H3,(H2,20,21,23). The average Bonchev–Trinajstić information content (AvgIpc) is 3.15. The molecule has 120 valence electrons. The molecule has 0 aliphatic heterocycles. The quantitative estimate of drug-likeness (QED) is 0.676. The maximum absolute atomic E-state index is 12.2. The third-order valence-corrected chi connectivity index (χ3v) is 3.63. The van der Waals surface area contributed by atoms with Crippen molar-refractivity contribution in [3.63, 3.8) is 0 Å². The first-order valence-corrected chi connectivity index (χ1v) is 7.69. The molecule has 0 saturated heterocycles. The highest BCUT2D eigenvalue weighted by Gasteiger charge is 2.15. The number of nitrogens with one attached hydrogen (secondary N) is 3. The minimum atomic E-state index is -0.265. The second kappa shape index (κ2) is 6.51. The van der Waals surface area contributed by atoms with Gasteiger partial charge in [0.1, 0.15) is 12.2 Å². The van der Waals surface area contributed by atoms with Crippen LogP contribution in [0.4, 0.5) is 10.5 Å². The van der Waals surface area contributed by atoms with Crippen LogP contribution in [-0.4, -0.2) is 25.8 Å². The second-order valence-corrected chi connectivity index (χ2v) is 5.44. The first-order chi connectivity index (χ1) is 11.2. The molecule has 2 aromatic heterocycles. The number of nitrogens with zero attached hydrogens (tertiary/aromatic N) is 3. The summed E-state index contributed by atoms with van der Waals surface area (Å²) in [6, 6.07) is 7.21. The van der Waals surface area contributed by atoms with E-state index in [1.807, 2.05) is 42.1 Å². The highest BCUT2D eigenvalue weighted by molar-refractivity contribution is 5.92. The number of urea groups is 1. The summed E-state index contributed by atoms with van der Waals surface area (Å²) in [5.41, 5.74) is 1.79. The van der Waals surface area contributed by atoms with E-state index in [0.29, 0.717) is 0 Å². The number of carbonyl (C=O) groups is 1. The summed E-state index contributed by atoms with van der Waals surface area (Å²) in [6.45, 7) is 4.76. The molecule has 1 unspecified atom stereocenters. The molecule has 23 heavy (non-hydrogen) atoms. The lowest BCUT2D eigenvalue weighted by atomic mass is 10.2. The Morgan fingerprint density at radius 1 is 1.39 bits per heavy atom. The van der Waals surface area contributed by atoms with Gasteiger partial charge in [0.05, 0.1) is 6.04 Å². The number of anilines is 1. The van der Waals surface area contributed by atoms with E-state index in [-0.39, 0.29) is 12.1 Å². The van der Waals surface area contributed by atoms with Crippen molar-refractivity contribution < 1.29 is 4.79 Å². The number of hydrogen-bond acceptors (Lipinski definition) is 3. The fourth-order valence-corrected chi connectivity index (χ4v) is 2.55. The summed E-state index contributed by atoms with van der Waals surface area (Å²) in [5, 5.41) is 11.0. The number of hydrogen-bond donors (Lipinski definition) is 3. The van der Waals surface area contributed by atoms with Crippen molar-refractivity contribution in [1.29, 1.82) is 0 Å². The summed E-state index contributed by atoms with van der Waals surface area (Å²) in [5.74, 6) is 0.753. The second-order valence-electron chi connectivity index (χ2n) is 5.44. The maximum atomic E-state index is 12.2. The Morgan fingerprint density at radius 2 is 2.26 bits per heavy atom. The molecular formula is C16H20N6O. The molecule has 2 heterocycles. The fraction of sp³-hybridized carbons (Fsp3) is 0.312. The number of rotatable bonds is 5. The predicted molar refractivity (Wildman–Crippen MR) is 89.2 cm³/mol. The zero-order valence-corrected chi connectivity index (χ0v) is 13.2. The maximum Gasteiger partial charge on any atom is 0.319 e. The number of fused-ring (bicyclic) bond motifs is 1. The van der Waals surface area contributed by atoms with Gasteiger partial charge in [-0.05, 0) is 37.6 Å². The van der Waals surface area contributed by atoms with Crippen LogP contribution < -0.4 is 10.6 Å². The van der Waals surface area contributed by atoms with Gasteiger partial charge < -0.3 is 15.6 Å². The summed E-state index contributed by atoms with van der Waals surface area (Å²) < 4.78 is 1.82. The third-order valence-electron chi connectivity index (χ3n) is 3.63. The van der Waals surface area contributed by atoms with Crippen molar-refractivity contribution in [2.75, 3.05) is 5.32 Å². The van der Waals surface area contributed by atoms with Crippen LogP contribution in [0.2, 0.25) is 0 Å². The van der Waals surface area contributed by atoms with Crippen LogP contribution in [0.1, 0.15) is 32.1 Å². The monoisotopic (exact) mass is 312 g/mol. The number of carbonyl (C=O) groups excluding carboxylic acids is 1. The van der Waals surface area contributed by atoms with Crippen LogP contribution in [-0.2, 0) is 6.54 Å². The number of benzene rings is 1. The van der Waals surface area contributed by atoms with Crippen molar-refractivity contribution >= 4 is 22.6 Å². The van der Waals surface area contributed by atoms with Gasteiger partial charge in [-0.2, -0.15) is 5.10 Å². The summed E-state index contributed by atoms with van der Waals surface area (Å²) in [7, 11) is 0. The molecule has 3 aromatic rings. The van der Waals surface area contributed by atoms with Gasteiger partial charge in [-0.25, -0.2) is 14.5 Å². The Kier molecular flexibility index (Phi) is 4.27. The van der Waals surface area contributed by atoms with Crippen molar-refractivity contribution in [3.05, 3.63) is 42.6 Å². The van der Waals surface area contributed by atoms with Crippen LogP contribution in [0, 0.1) is 0 Å². The van der Waals surface area contributed by atoms with Crippen molar-refractivity contribution in [2.45, 2.75) is 32.9 Å². The molecule has 0 fully saturated rings. The van der Waals surface area contributed by atoms with Crippen molar-refractivity contribution in [3.8, 4) is 0 Å². The van der Waals surface area contributed by atoms with Gasteiger partial charge in [0, 0.05) is 29.3 Å². The van der Waals surface area contributed by atoms with E-state index in [2.05, 4.69) is 32.6 Å². The summed E-state index contributed by atoms with van der Waals surface area (Å²) >= 11 is 0. The fourth-order valence-electron chi connectivity index (χ4n) is 2.55. The molecule has 2 amide bonds. The molecule has 7 heteroatoms. The molecule has 0 saturated carbocycles. The van der Waals surface area contributed by atoms with E-state index >= 15 is 0 Å². The number of H-pyrrole nitrogens is 1. The molecule has 3 N–H and O–H groups in total. The lowest BCUT2D eigenvalue weighted by Gasteiger charge is -2.15. The first kappa shape index (κ1) is 15.1. The van der Waals surface area contributed by atoms with Gasteiger partial charge in [-0.15, -0.1) is 0 Å². The van der Waals surface area contributed by atoms with E-state index in [1.54, 1.807) is 0 Å². The van der Waals surface area contributed by atoms with Gasteiger partial charge in [0.15, 0.2) is 0 Å². The zero-order valence-electron chi connectivity index (χ0n) is 13.2. The van der Waals surface area contributed by atoms with Crippen molar-refractivity contribution in [2.24, 2.45) is 0 Å². The van der Waals surface area contributed by atoms with Crippen molar-refractivity contribution in [1.82, 2.24) is 25.1 Å². The summed E-state index contributed by atoms with van der Waals surface area (Å²) in [4.78, 5) is 19.5. The molecule has 0 radical (unpaired) electrons. The molecule has 3 rings (SSSR count). The Morgan fingerprint density at radius 3 is 3.09 bits per heavy atom. The average molecular weight is 312 g/mol. The van der Waals surface area contributed by atoms with E-state index in [1.165, 1.54) is 6.33 Å². The number of aryl methyl sites for hydroxylation is 1. The molecule has 0 spiro atoms. The van der Waals surface area contributed by atoms with E-state index in [9.17, 15) is 4.79 Å². The Bertz CT molecular complexity index is 806. The molecular weight excluding hydrogens is 292 g/mol. The highest BCUT2D eigenvalue weighted by atomic mass is 16.2. The van der Waals surface area contributed by atoms with Gasteiger partial charge in [0.2, 0.25) is 0 Å². The molecule has 0 aliphatic carbocycles. The van der Waals surface area contributed by atoms with E-state index in [0.717, 1.165) is 35.4 Å². The van der Waals surface area contributed by atoms with Crippen LogP contribution >= 0.6 is 0 Å². The van der Waals surface area contributed by atoms with Crippen LogP contribution in [0.25, 0.3) is 10.9 Å². The first-order valence-electron chi connectivity index (χ1n) is 7.69. The van der Waals surface area contributed by atoms with Gasteiger partial charge >= 0.3 is 6.03 Å². The predicted octanol–water partition coefficient (Wildman–Crippen LogP) is 3.05. The Hall–Kier alpha value is -2.83. The number of amides is 2. The normalized spacial score (nSPS) is 12.3. The minimum absolute atomic E-state index is 0.222. The van der Waals surface area contributed by atoms with E-state index in [4.69, 9.17) is 0 Å².